The zero-order valence-corrected chi connectivity index (χ0v) is 17.4. The maximum absolute atomic E-state index is 12.9. The molecular weight excluding hydrogens is 394 g/mol. The summed E-state index contributed by atoms with van der Waals surface area (Å²) in [6, 6.07) is 17.9. The van der Waals surface area contributed by atoms with Crippen LogP contribution >= 0.6 is 0 Å². The molecule has 0 bridgehead atoms. The highest BCUT2D eigenvalue weighted by Crippen LogP contribution is 2.13. The highest BCUT2D eigenvalue weighted by atomic mass is 16.4. The molecule has 31 heavy (non-hydrogen) atoms. The fourth-order valence-corrected chi connectivity index (χ4v) is 3.25. The molecule has 3 N–H and O–H groups in total. The molecule has 1 aromatic heterocycles. The number of aromatic nitrogens is 1. The molecule has 3 rings (SSSR count). The van der Waals surface area contributed by atoms with E-state index in [9.17, 15) is 19.5 Å². The quantitative estimate of drug-likeness (QED) is 0.520. The molecule has 0 aliphatic rings. The lowest BCUT2D eigenvalue weighted by atomic mass is 10.0. The Labute approximate surface area is 180 Å². The van der Waals surface area contributed by atoms with E-state index in [1.807, 2.05) is 36.4 Å². The molecule has 7 heteroatoms. The number of pyridine rings is 1. The van der Waals surface area contributed by atoms with Crippen molar-refractivity contribution >= 4 is 28.7 Å². The monoisotopic (exact) mass is 419 g/mol. The number of para-hydroxylation sites is 1. The number of carboxylic acids is 1. The number of fused-ring (bicyclic) bond motifs is 1. The van der Waals surface area contributed by atoms with E-state index in [1.54, 1.807) is 44.2 Å². The Bertz CT molecular complexity index is 1080. The number of carbonyl (C=O) groups is 3. The van der Waals surface area contributed by atoms with Gasteiger partial charge in [-0.1, -0.05) is 68.4 Å². The van der Waals surface area contributed by atoms with Crippen molar-refractivity contribution in [3.05, 3.63) is 78.0 Å². The molecule has 0 aliphatic heterocycles. The van der Waals surface area contributed by atoms with Crippen molar-refractivity contribution in [2.75, 3.05) is 0 Å². The first-order chi connectivity index (χ1) is 14.8. The fourth-order valence-electron chi connectivity index (χ4n) is 3.25. The zero-order chi connectivity index (χ0) is 22.4. The van der Waals surface area contributed by atoms with Gasteiger partial charge in [0, 0.05) is 11.8 Å². The third kappa shape index (κ3) is 5.66. The first-order valence-electron chi connectivity index (χ1n) is 10.1. The van der Waals surface area contributed by atoms with Crippen LogP contribution in [0, 0.1) is 5.92 Å². The second-order valence-electron chi connectivity index (χ2n) is 7.67. The molecule has 0 radical (unpaired) electrons. The standard InChI is InChI=1S/C24H25N3O4/c1-15(2)21(23(29)26-20(24(30)31)14-16-8-4-3-5-9-16)27-22(28)19-13-12-17-10-6-7-11-18(17)25-19/h3-13,15,20-21H,14H2,1-2H3,(H,26,29)(H,27,28)(H,30,31)/t20-,21-/m0/s1. The van der Waals surface area contributed by atoms with Crippen LogP contribution in [0.5, 0.6) is 0 Å². The number of nitrogens with one attached hydrogen (secondary N) is 2. The molecule has 7 nitrogen and oxygen atoms in total. The summed E-state index contributed by atoms with van der Waals surface area (Å²) >= 11 is 0. The third-order valence-electron chi connectivity index (χ3n) is 4.96. The first-order valence-corrected chi connectivity index (χ1v) is 10.1. The van der Waals surface area contributed by atoms with E-state index in [1.165, 1.54) is 0 Å². The number of nitrogens with zero attached hydrogens (tertiary/aromatic N) is 1. The van der Waals surface area contributed by atoms with Gasteiger partial charge in [0.05, 0.1) is 5.52 Å². The summed E-state index contributed by atoms with van der Waals surface area (Å²) in [4.78, 5) is 41.6. The van der Waals surface area contributed by atoms with Crippen molar-refractivity contribution in [2.24, 2.45) is 5.92 Å². The summed E-state index contributed by atoms with van der Waals surface area (Å²) in [5.74, 6) is -2.43. The molecule has 0 fully saturated rings. The third-order valence-corrected chi connectivity index (χ3v) is 4.96. The molecule has 2 amide bonds. The van der Waals surface area contributed by atoms with Gasteiger partial charge in [-0.05, 0) is 23.6 Å². The maximum atomic E-state index is 12.9. The van der Waals surface area contributed by atoms with Gasteiger partial charge >= 0.3 is 5.97 Å². The van der Waals surface area contributed by atoms with Gasteiger partial charge in [-0.3, -0.25) is 9.59 Å². The van der Waals surface area contributed by atoms with E-state index in [2.05, 4.69) is 15.6 Å². The number of hydrogen-bond acceptors (Lipinski definition) is 4. The first kappa shape index (κ1) is 22.0. The number of amides is 2. The fraction of sp³-hybridized carbons (Fsp3) is 0.250. The van der Waals surface area contributed by atoms with Crippen molar-refractivity contribution in [2.45, 2.75) is 32.4 Å². The van der Waals surface area contributed by atoms with Crippen LogP contribution in [0.1, 0.15) is 29.9 Å². The Morgan fingerprint density at radius 3 is 2.26 bits per heavy atom. The lowest BCUT2D eigenvalue weighted by molar-refractivity contribution is -0.142. The Morgan fingerprint density at radius 2 is 1.58 bits per heavy atom. The molecule has 0 aliphatic carbocycles. The largest absolute Gasteiger partial charge is 0.480 e. The molecule has 0 unspecified atom stereocenters. The number of carbonyl (C=O) groups excluding carboxylic acids is 2. The normalized spacial score (nSPS) is 12.9. The summed E-state index contributed by atoms with van der Waals surface area (Å²) in [5.41, 5.74) is 1.66. The lowest BCUT2D eigenvalue weighted by Crippen LogP contribution is -2.54. The summed E-state index contributed by atoms with van der Waals surface area (Å²) in [7, 11) is 0. The molecule has 0 saturated heterocycles. The number of aliphatic carboxylic acids is 1. The zero-order valence-electron chi connectivity index (χ0n) is 17.4. The van der Waals surface area contributed by atoms with Gasteiger partial charge in [0.25, 0.3) is 5.91 Å². The number of carboxylic acid groups (broad SMARTS) is 1. The molecule has 0 saturated carbocycles. The van der Waals surface area contributed by atoms with Gasteiger partial charge in [-0.2, -0.15) is 0 Å². The number of rotatable bonds is 8. The van der Waals surface area contributed by atoms with Crippen LogP contribution in [0.15, 0.2) is 66.7 Å². The van der Waals surface area contributed by atoms with Crippen LogP contribution in [0.3, 0.4) is 0 Å². The van der Waals surface area contributed by atoms with Crippen LogP contribution in [-0.4, -0.2) is 40.0 Å². The Kier molecular flexibility index (Phi) is 6.97. The van der Waals surface area contributed by atoms with Crippen molar-refractivity contribution < 1.29 is 19.5 Å². The van der Waals surface area contributed by atoms with Crippen LogP contribution in [0.2, 0.25) is 0 Å². The van der Waals surface area contributed by atoms with E-state index in [-0.39, 0.29) is 18.0 Å². The van der Waals surface area contributed by atoms with E-state index in [0.717, 1.165) is 10.9 Å². The summed E-state index contributed by atoms with van der Waals surface area (Å²) in [5, 5.41) is 15.7. The minimum atomic E-state index is -1.14. The van der Waals surface area contributed by atoms with Crippen LogP contribution in [0.4, 0.5) is 0 Å². The minimum Gasteiger partial charge on any atom is -0.480 e. The average Bonchev–Trinajstić information content (AvgIpc) is 2.76. The molecule has 2 atom stereocenters. The van der Waals surface area contributed by atoms with Gasteiger partial charge < -0.3 is 15.7 Å². The van der Waals surface area contributed by atoms with Crippen LogP contribution in [-0.2, 0) is 16.0 Å². The molecule has 3 aromatic rings. The Morgan fingerprint density at radius 1 is 0.903 bits per heavy atom. The van der Waals surface area contributed by atoms with Crippen molar-refractivity contribution in [1.29, 1.82) is 0 Å². The van der Waals surface area contributed by atoms with Crippen molar-refractivity contribution in [1.82, 2.24) is 15.6 Å². The van der Waals surface area contributed by atoms with Gasteiger partial charge in [0.15, 0.2) is 0 Å². The number of hydrogen-bond donors (Lipinski definition) is 3. The number of benzene rings is 2. The highest BCUT2D eigenvalue weighted by Gasteiger charge is 2.29. The van der Waals surface area contributed by atoms with Crippen LogP contribution < -0.4 is 10.6 Å². The second kappa shape index (κ2) is 9.84. The molecule has 0 spiro atoms. The van der Waals surface area contributed by atoms with E-state index < -0.39 is 29.9 Å². The minimum absolute atomic E-state index is 0.146. The molecule has 1 heterocycles. The van der Waals surface area contributed by atoms with E-state index in [0.29, 0.717) is 5.52 Å². The van der Waals surface area contributed by atoms with Crippen molar-refractivity contribution in [3.63, 3.8) is 0 Å². The maximum Gasteiger partial charge on any atom is 0.326 e. The highest BCUT2D eigenvalue weighted by molar-refractivity contribution is 5.98. The topological polar surface area (TPSA) is 108 Å². The molecule has 160 valence electrons. The summed E-state index contributed by atoms with van der Waals surface area (Å²) in [6.07, 6.45) is 0.146. The lowest BCUT2D eigenvalue weighted by Gasteiger charge is -2.24. The Balaban J connectivity index is 1.72. The average molecular weight is 419 g/mol. The van der Waals surface area contributed by atoms with Gasteiger partial charge in [0.1, 0.15) is 17.8 Å². The predicted octanol–water partition coefficient (Wildman–Crippen LogP) is 2.80. The second-order valence-corrected chi connectivity index (χ2v) is 7.67. The SMILES string of the molecule is CC(C)[C@H](NC(=O)c1ccc2ccccc2n1)C(=O)N[C@@H](Cc1ccccc1)C(=O)O. The predicted molar refractivity (Wildman–Crippen MR) is 118 cm³/mol. The molecular formula is C24H25N3O4. The van der Waals surface area contributed by atoms with Crippen molar-refractivity contribution in [3.8, 4) is 0 Å². The van der Waals surface area contributed by atoms with Gasteiger partial charge in [0.2, 0.25) is 5.91 Å². The smallest absolute Gasteiger partial charge is 0.326 e. The van der Waals surface area contributed by atoms with Gasteiger partial charge in [-0.15, -0.1) is 0 Å². The Hall–Kier alpha value is -3.74. The van der Waals surface area contributed by atoms with Gasteiger partial charge in [-0.25, -0.2) is 9.78 Å². The summed E-state index contributed by atoms with van der Waals surface area (Å²) < 4.78 is 0. The van der Waals surface area contributed by atoms with E-state index in [4.69, 9.17) is 0 Å². The van der Waals surface area contributed by atoms with E-state index >= 15 is 0 Å². The summed E-state index contributed by atoms with van der Waals surface area (Å²) in [6.45, 7) is 3.57. The molecule has 2 aromatic carbocycles. The van der Waals surface area contributed by atoms with Crippen LogP contribution in [0.25, 0.3) is 10.9 Å².